The molecular formula is C39H81NOP+. The molecule has 1 aliphatic rings. The van der Waals surface area contributed by atoms with Crippen molar-refractivity contribution < 1.29 is 9.01 Å². The smallest absolute Gasteiger partial charge is 0.121 e. The third kappa shape index (κ3) is 24.6. The Morgan fingerprint density at radius 2 is 0.738 bits per heavy atom. The summed E-state index contributed by atoms with van der Waals surface area (Å²) in [4.78, 5) is 0. The second kappa shape index (κ2) is 27.6. The third-order valence-electron chi connectivity index (χ3n) is 9.62. The molecule has 252 valence electrons. The molecule has 1 rings (SSSR count). The predicted molar refractivity (Wildman–Crippen MR) is 193 cm³/mol. The molecule has 0 unspecified atom stereocenters. The average Bonchev–Trinajstić information content (AvgIpc) is 3.45. The Bertz CT molecular complexity index is 523. The highest BCUT2D eigenvalue weighted by Crippen LogP contribution is 2.50. The summed E-state index contributed by atoms with van der Waals surface area (Å²) in [6, 6.07) is 0. The summed E-state index contributed by atoms with van der Waals surface area (Å²) in [5, 5.41) is 0. The maximum absolute atomic E-state index is 7.24. The van der Waals surface area contributed by atoms with E-state index in [4.69, 9.17) is 4.52 Å². The standard InChI is InChI=1S/C39H81NOP/c1-6-8-10-12-14-16-18-20-22-24-26-28-30-34-39(38-40(3,4)5,41-42-36-32-33-37-42)35-31-29-27-25-23-21-19-17-15-13-11-9-7-2/h6-38H2,1-5H3/q+1. The molecule has 1 heterocycles. The Balaban J connectivity index is 2.32. The summed E-state index contributed by atoms with van der Waals surface area (Å²) in [7, 11) is 7.01. The molecule has 0 aromatic carbocycles. The average molecular weight is 611 g/mol. The molecule has 0 saturated carbocycles. The fourth-order valence-electron chi connectivity index (χ4n) is 7.25. The van der Waals surface area contributed by atoms with Crippen LogP contribution in [0, 0.1) is 0 Å². The lowest BCUT2D eigenvalue weighted by atomic mass is 9.88. The van der Waals surface area contributed by atoms with Crippen LogP contribution in [-0.2, 0) is 4.52 Å². The van der Waals surface area contributed by atoms with Crippen LogP contribution in [0.3, 0.4) is 0 Å². The molecule has 0 atom stereocenters. The highest BCUT2D eigenvalue weighted by Gasteiger charge is 2.39. The van der Waals surface area contributed by atoms with Gasteiger partial charge >= 0.3 is 0 Å². The molecule has 0 radical (unpaired) electrons. The summed E-state index contributed by atoms with van der Waals surface area (Å²) >= 11 is 0. The molecule has 0 spiro atoms. The van der Waals surface area contributed by atoms with Gasteiger partial charge in [0.25, 0.3) is 0 Å². The number of likely N-dealkylation sites (N-methyl/N-ethyl adjacent to an activating group) is 1. The van der Waals surface area contributed by atoms with E-state index in [9.17, 15) is 0 Å². The Morgan fingerprint density at radius 3 is 1.02 bits per heavy atom. The molecular weight excluding hydrogens is 529 g/mol. The molecule has 1 fully saturated rings. The van der Waals surface area contributed by atoms with Crippen LogP contribution in [0.2, 0.25) is 0 Å². The minimum Gasteiger partial charge on any atom is -0.347 e. The van der Waals surface area contributed by atoms with E-state index >= 15 is 0 Å². The first-order chi connectivity index (χ1) is 20.4. The molecule has 1 aliphatic heterocycles. The molecule has 0 aromatic rings. The summed E-state index contributed by atoms with van der Waals surface area (Å²) in [5.41, 5.74) is 0.129. The third-order valence-corrected chi connectivity index (χ3v) is 11.9. The molecule has 0 aromatic heterocycles. The second-order valence-corrected chi connectivity index (χ2v) is 17.4. The Morgan fingerprint density at radius 1 is 0.452 bits per heavy atom. The maximum atomic E-state index is 7.24. The van der Waals surface area contributed by atoms with Gasteiger partial charge in [-0.2, -0.15) is 0 Å². The van der Waals surface area contributed by atoms with E-state index in [1.54, 1.807) is 0 Å². The minimum atomic E-state index is -0.179. The van der Waals surface area contributed by atoms with E-state index in [1.165, 1.54) is 211 Å². The lowest BCUT2D eigenvalue weighted by molar-refractivity contribution is -0.876. The Labute approximate surface area is 268 Å². The van der Waals surface area contributed by atoms with Crippen molar-refractivity contribution in [3.8, 4) is 0 Å². The van der Waals surface area contributed by atoms with Gasteiger partial charge in [-0.3, -0.25) is 0 Å². The van der Waals surface area contributed by atoms with Crippen LogP contribution < -0.4 is 0 Å². The second-order valence-electron chi connectivity index (χ2n) is 15.3. The maximum Gasteiger partial charge on any atom is 0.121 e. The van der Waals surface area contributed by atoms with Crippen molar-refractivity contribution in [2.45, 2.75) is 212 Å². The molecule has 0 N–H and O–H groups in total. The lowest BCUT2D eigenvalue weighted by Gasteiger charge is -2.41. The lowest BCUT2D eigenvalue weighted by Crippen LogP contribution is -2.50. The Hall–Kier alpha value is 0.350. The number of hydrogen-bond donors (Lipinski definition) is 0. The van der Waals surface area contributed by atoms with Gasteiger partial charge in [-0.15, -0.1) is 0 Å². The fourth-order valence-corrected chi connectivity index (χ4v) is 9.60. The van der Waals surface area contributed by atoms with Crippen LogP contribution in [0.25, 0.3) is 0 Å². The zero-order valence-corrected chi connectivity index (χ0v) is 31.0. The van der Waals surface area contributed by atoms with E-state index in [-0.39, 0.29) is 13.7 Å². The van der Waals surface area contributed by atoms with E-state index in [2.05, 4.69) is 35.0 Å². The van der Waals surface area contributed by atoms with E-state index in [0.717, 1.165) is 4.48 Å². The molecule has 2 nitrogen and oxygen atoms in total. The van der Waals surface area contributed by atoms with Gasteiger partial charge in [-0.05, 0) is 38.0 Å². The highest BCUT2D eigenvalue weighted by atomic mass is 31.1. The molecule has 3 heteroatoms. The summed E-state index contributed by atoms with van der Waals surface area (Å²) in [5.74, 6) is 0. The van der Waals surface area contributed by atoms with Crippen molar-refractivity contribution in [1.82, 2.24) is 0 Å². The quantitative estimate of drug-likeness (QED) is 0.0418. The fraction of sp³-hybridized carbons (Fsp3) is 1.00. The van der Waals surface area contributed by atoms with Gasteiger partial charge in [-0.25, -0.2) is 0 Å². The molecule has 0 aliphatic carbocycles. The summed E-state index contributed by atoms with van der Waals surface area (Å²) in [6.45, 7) is 5.82. The zero-order valence-electron chi connectivity index (χ0n) is 30.1. The van der Waals surface area contributed by atoms with Crippen LogP contribution in [0.5, 0.6) is 0 Å². The van der Waals surface area contributed by atoms with Gasteiger partial charge in [0.15, 0.2) is 0 Å². The SMILES string of the molecule is CCCCCCCCCCCCCCCC(CCCCCCCCCCCCCCC)(C[N+](C)(C)C)OP1CCCC1. The van der Waals surface area contributed by atoms with E-state index in [1.807, 2.05) is 0 Å². The van der Waals surface area contributed by atoms with Gasteiger partial charge < -0.3 is 9.01 Å². The molecule has 42 heavy (non-hydrogen) atoms. The van der Waals surface area contributed by atoms with Crippen molar-refractivity contribution in [1.29, 1.82) is 0 Å². The van der Waals surface area contributed by atoms with Crippen LogP contribution in [0.15, 0.2) is 0 Å². The van der Waals surface area contributed by atoms with Crippen LogP contribution in [0.1, 0.15) is 206 Å². The van der Waals surface area contributed by atoms with Crippen molar-refractivity contribution >= 4 is 8.15 Å². The van der Waals surface area contributed by atoms with Crippen molar-refractivity contribution in [3.63, 3.8) is 0 Å². The van der Waals surface area contributed by atoms with Gasteiger partial charge in [-0.1, -0.05) is 181 Å². The van der Waals surface area contributed by atoms with Crippen LogP contribution >= 0.6 is 8.15 Å². The predicted octanol–water partition coefficient (Wildman–Crippen LogP) is 13.6. The molecule has 1 saturated heterocycles. The molecule has 0 bridgehead atoms. The Kier molecular flexibility index (Phi) is 26.6. The topological polar surface area (TPSA) is 9.23 Å². The first-order valence-electron chi connectivity index (χ1n) is 19.7. The first-order valence-corrected chi connectivity index (χ1v) is 21.3. The number of rotatable bonds is 32. The monoisotopic (exact) mass is 611 g/mol. The summed E-state index contributed by atoms with van der Waals surface area (Å²) < 4.78 is 8.28. The number of nitrogens with zero attached hydrogens (tertiary/aromatic N) is 1. The minimum absolute atomic E-state index is 0.129. The normalized spacial score (nSPS) is 14.8. The number of quaternary nitrogens is 1. The molecule has 0 amide bonds. The van der Waals surface area contributed by atoms with Crippen LogP contribution in [0.4, 0.5) is 0 Å². The van der Waals surface area contributed by atoms with Gasteiger partial charge in [0, 0.05) is 8.15 Å². The number of hydrogen-bond acceptors (Lipinski definition) is 1. The zero-order chi connectivity index (χ0) is 30.6. The largest absolute Gasteiger partial charge is 0.347 e. The van der Waals surface area contributed by atoms with Crippen molar-refractivity contribution in [2.24, 2.45) is 0 Å². The highest BCUT2D eigenvalue weighted by molar-refractivity contribution is 7.52. The summed E-state index contributed by atoms with van der Waals surface area (Å²) in [6.07, 6.45) is 45.6. The van der Waals surface area contributed by atoms with E-state index in [0.29, 0.717) is 0 Å². The van der Waals surface area contributed by atoms with E-state index < -0.39 is 0 Å². The van der Waals surface area contributed by atoms with Crippen molar-refractivity contribution in [2.75, 3.05) is 40.0 Å². The van der Waals surface area contributed by atoms with Crippen molar-refractivity contribution in [3.05, 3.63) is 0 Å². The first kappa shape index (κ1) is 40.4. The van der Waals surface area contributed by atoms with Gasteiger partial charge in [0.05, 0.1) is 21.1 Å². The van der Waals surface area contributed by atoms with Crippen LogP contribution in [-0.4, -0.2) is 50.1 Å². The van der Waals surface area contributed by atoms with Gasteiger partial charge in [0.2, 0.25) is 0 Å². The number of unbranched alkanes of at least 4 members (excludes halogenated alkanes) is 24. The van der Waals surface area contributed by atoms with Gasteiger partial charge in [0.1, 0.15) is 12.1 Å².